The van der Waals surface area contributed by atoms with Crippen molar-refractivity contribution in [2.45, 2.75) is 72.1 Å². The van der Waals surface area contributed by atoms with E-state index < -0.39 is 0 Å². The fraction of sp³-hybridized carbons (Fsp3) is 0.400. The van der Waals surface area contributed by atoms with Gasteiger partial charge in [-0.05, 0) is 54.3 Å². The second kappa shape index (κ2) is 14.4. The van der Waals surface area contributed by atoms with Gasteiger partial charge in [0.05, 0.1) is 17.2 Å². The highest BCUT2D eigenvalue weighted by molar-refractivity contribution is 7.22. The smallest absolute Gasteiger partial charge is 0.407 e. The quantitative estimate of drug-likeness (QED) is 0.105. The predicted octanol–water partition coefficient (Wildman–Crippen LogP) is 9.28. The molecule has 0 aliphatic carbocycles. The number of para-hydroxylation sites is 1. The van der Waals surface area contributed by atoms with Gasteiger partial charge in [-0.15, -0.1) is 11.3 Å². The Morgan fingerprint density at radius 1 is 0.951 bits per heavy atom. The average molecular weight is 571 g/mol. The molecule has 1 N–H and O–H groups in total. The average Bonchev–Trinajstić information content (AvgIpc) is 3.41. The lowest BCUT2D eigenvalue weighted by Gasteiger charge is -2.17. The Morgan fingerprint density at radius 3 is 2.34 bits per heavy atom. The van der Waals surface area contributed by atoms with Gasteiger partial charge in [0.25, 0.3) is 0 Å². The number of unbranched alkanes of at least 4 members (excludes halogenated alkanes) is 1. The fourth-order valence-electron chi connectivity index (χ4n) is 5.17. The molecule has 0 saturated carbocycles. The second-order valence-corrected chi connectivity index (χ2v) is 12.3. The largest absolute Gasteiger partial charge is 0.450 e. The van der Waals surface area contributed by atoms with Crippen LogP contribution in [0.5, 0.6) is 0 Å². The second-order valence-electron chi connectivity index (χ2n) is 11.2. The van der Waals surface area contributed by atoms with Gasteiger partial charge in [0, 0.05) is 28.8 Å². The number of aromatic nitrogens is 1. The van der Waals surface area contributed by atoms with Crippen molar-refractivity contribution in [3.05, 3.63) is 83.6 Å². The number of carbonyl (C=O) groups excluding carboxylic acids is 1. The Morgan fingerprint density at radius 2 is 1.66 bits per heavy atom. The van der Waals surface area contributed by atoms with Gasteiger partial charge in [-0.1, -0.05) is 83.5 Å². The Kier molecular flexibility index (Phi) is 10.7. The van der Waals surface area contributed by atoms with Crippen molar-refractivity contribution in [3.8, 4) is 10.6 Å². The van der Waals surface area contributed by atoms with Crippen LogP contribution in [0.4, 0.5) is 10.5 Å². The molecule has 0 spiro atoms. The van der Waals surface area contributed by atoms with Crippen LogP contribution in [-0.2, 0) is 4.74 Å². The summed E-state index contributed by atoms with van der Waals surface area (Å²) in [7, 11) is 2.16. The van der Waals surface area contributed by atoms with Crippen molar-refractivity contribution in [1.82, 2.24) is 10.3 Å². The number of nitrogens with zero attached hydrogens (tertiary/aromatic N) is 2. The molecule has 216 valence electrons. The minimum Gasteiger partial charge on any atom is -0.450 e. The Balaban J connectivity index is 1.73. The van der Waals surface area contributed by atoms with E-state index in [9.17, 15) is 4.79 Å². The molecule has 0 aliphatic rings. The molecule has 2 aromatic carbocycles. The van der Waals surface area contributed by atoms with E-state index in [4.69, 9.17) is 9.72 Å². The summed E-state index contributed by atoms with van der Waals surface area (Å²) in [5, 5.41) is 4.08. The van der Waals surface area contributed by atoms with Gasteiger partial charge in [-0.3, -0.25) is 0 Å². The number of hydrogen-bond acceptors (Lipinski definition) is 4. The number of fused-ring (bicyclic) bond motifs is 1. The summed E-state index contributed by atoms with van der Waals surface area (Å²) in [5.41, 5.74) is 6.94. The Bertz CT molecular complexity index is 1440. The summed E-state index contributed by atoms with van der Waals surface area (Å²) in [6.45, 7) is 12.1. The summed E-state index contributed by atoms with van der Waals surface area (Å²) in [5.74, 6) is 0.751. The standard InChI is InChI=1S/C35H43N3O2S/c1-7-8-21-36-35(39)40-22-13-19-31(38(6)34-27(24(2)3)15-11-16-28(34)25(4)5)29-17-12-18-30(37-29)33-23-26-14-9-10-20-32(26)41-33/h9-12,14-18,20,23-25H,7-8,13,19,21-22H2,1-6H3/p+1. The molecule has 1 amide bonds. The maximum atomic E-state index is 12.1. The van der Waals surface area contributed by atoms with E-state index in [2.05, 4.69) is 118 Å². The van der Waals surface area contributed by atoms with Gasteiger partial charge in [0.15, 0.2) is 0 Å². The van der Waals surface area contributed by atoms with Gasteiger partial charge >= 0.3 is 6.09 Å². The summed E-state index contributed by atoms with van der Waals surface area (Å²) in [4.78, 5) is 18.5. The van der Waals surface area contributed by atoms with E-state index >= 15 is 0 Å². The lowest BCUT2D eigenvalue weighted by atomic mass is 9.92. The number of nitrogens with one attached hydrogen (secondary N) is 1. The van der Waals surface area contributed by atoms with Crippen LogP contribution in [0.25, 0.3) is 20.7 Å². The summed E-state index contributed by atoms with van der Waals surface area (Å²) in [6, 6.07) is 23.7. The number of hydrogen-bond donors (Lipinski definition) is 1. The van der Waals surface area contributed by atoms with Crippen LogP contribution in [0.15, 0.2) is 66.7 Å². The normalized spacial score (nSPS) is 12.2. The van der Waals surface area contributed by atoms with Crippen LogP contribution in [0.1, 0.15) is 89.0 Å². The fourth-order valence-corrected chi connectivity index (χ4v) is 6.20. The molecule has 0 aliphatic heterocycles. The molecule has 6 heteroatoms. The summed E-state index contributed by atoms with van der Waals surface area (Å²) >= 11 is 1.77. The molecule has 2 heterocycles. The number of ether oxygens (including phenoxy) is 1. The first-order valence-corrected chi connectivity index (χ1v) is 15.7. The first-order chi connectivity index (χ1) is 19.8. The van der Waals surface area contributed by atoms with E-state index in [0.717, 1.165) is 41.2 Å². The molecule has 0 saturated heterocycles. The Hall–Kier alpha value is -3.51. The molecule has 4 rings (SSSR count). The summed E-state index contributed by atoms with van der Waals surface area (Å²) < 4.78 is 9.11. The van der Waals surface area contributed by atoms with Crippen molar-refractivity contribution < 1.29 is 14.1 Å². The van der Waals surface area contributed by atoms with Gasteiger partial charge in [-0.25, -0.2) is 9.78 Å². The van der Waals surface area contributed by atoms with Gasteiger partial charge < -0.3 is 10.1 Å². The highest BCUT2D eigenvalue weighted by Crippen LogP contribution is 2.35. The van der Waals surface area contributed by atoms with E-state index in [1.54, 1.807) is 11.3 Å². The van der Waals surface area contributed by atoms with E-state index in [0.29, 0.717) is 31.4 Å². The Labute approximate surface area is 249 Å². The van der Waals surface area contributed by atoms with Crippen molar-refractivity contribution >= 4 is 38.9 Å². The zero-order valence-electron chi connectivity index (χ0n) is 25.4. The van der Waals surface area contributed by atoms with E-state index in [1.165, 1.54) is 26.9 Å². The SMILES string of the molecule is CCCCNC(=O)OCCCC(c1cccc(-c2cc3ccccc3s2)n1)=[N+](C)c1c(C(C)C)cccc1C(C)C. The summed E-state index contributed by atoms with van der Waals surface area (Å²) in [6.07, 6.45) is 3.08. The minimum absolute atomic E-state index is 0.342. The van der Waals surface area contributed by atoms with Crippen molar-refractivity contribution in [2.75, 3.05) is 20.2 Å². The number of pyridine rings is 1. The number of amides is 1. The molecular formula is C35H44N3O2S+. The number of alkyl carbamates (subject to hydrolysis) is 1. The molecule has 41 heavy (non-hydrogen) atoms. The third-order valence-electron chi connectivity index (χ3n) is 7.40. The maximum Gasteiger partial charge on any atom is 0.407 e. The van der Waals surface area contributed by atoms with Crippen molar-refractivity contribution in [1.29, 1.82) is 0 Å². The number of rotatable bonds is 12. The minimum atomic E-state index is -0.342. The van der Waals surface area contributed by atoms with Crippen molar-refractivity contribution in [2.24, 2.45) is 0 Å². The molecule has 2 aromatic heterocycles. The van der Waals surface area contributed by atoms with Crippen LogP contribution < -0.4 is 5.32 Å². The molecule has 0 fully saturated rings. The van der Waals surface area contributed by atoms with Gasteiger partial charge in [-0.2, -0.15) is 4.58 Å². The van der Waals surface area contributed by atoms with Crippen LogP contribution in [0.2, 0.25) is 0 Å². The maximum absolute atomic E-state index is 12.1. The van der Waals surface area contributed by atoms with Crippen molar-refractivity contribution in [3.63, 3.8) is 0 Å². The molecule has 0 radical (unpaired) electrons. The van der Waals surface area contributed by atoms with Gasteiger partial charge in [0.1, 0.15) is 12.7 Å². The molecule has 5 nitrogen and oxygen atoms in total. The molecule has 0 bridgehead atoms. The molecule has 0 atom stereocenters. The zero-order chi connectivity index (χ0) is 29.4. The third kappa shape index (κ3) is 7.62. The highest BCUT2D eigenvalue weighted by Gasteiger charge is 2.26. The molecular weight excluding hydrogens is 526 g/mol. The first-order valence-electron chi connectivity index (χ1n) is 14.9. The number of thiophene rings is 1. The highest BCUT2D eigenvalue weighted by atomic mass is 32.1. The van der Waals surface area contributed by atoms with E-state index in [1.807, 2.05) is 0 Å². The van der Waals surface area contributed by atoms with Crippen LogP contribution >= 0.6 is 11.3 Å². The third-order valence-corrected chi connectivity index (χ3v) is 8.53. The van der Waals surface area contributed by atoms with Crippen LogP contribution in [0, 0.1) is 0 Å². The topological polar surface area (TPSA) is 54.2 Å². The zero-order valence-corrected chi connectivity index (χ0v) is 26.2. The monoisotopic (exact) mass is 570 g/mol. The van der Waals surface area contributed by atoms with Crippen LogP contribution in [-0.4, -0.2) is 41.6 Å². The van der Waals surface area contributed by atoms with Crippen LogP contribution in [0.3, 0.4) is 0 Å². The molecule has 4 aromatic rings. The van der Waals surface area contributed by atoms with E-state index in [-0.39, 0.29) is 6.09 Å². The lowest BCUT2D eigenvalue weighted by molar-refractivity contribution is -0.407. The lowest BCUT2D eigenvalue weighted by Crippen LogP contribution is -2.26. The predicted molar refractivity (Wildman–Crippen MR) is 173 cm³/mol. The number of benzene rings is 2. The molecule has 0 unspecified atom stereocenters. The number of carbonyl (C=O) groups is 1. The van der Waals surface area contributed by atoms with Gasteiger partial charge in [0.2, 0.25) is 11.4 Å². The first kappa shape index (κ1) is 30.4.